The number of nitrogens with zero attached hydrogens (tertiary/aromatic N) is 4. The topological polar surface area (TPSA) is 95.3 Å². The van der Waals surface area contributed by atoms with E-state index in [-0.39, 0.29) is 17.5 Å². The van der Waals surface area contributed by atoms with Gasteiger partial charge < -0.3 is 14.2 Å². The SMILES string of the molecule is C=NC(=N/C=C(\C)C(=O)OC)c1cncc(Oc2ncc(F)cc2OCC)c1. The fourth-order valence-electron chi connectivity index (χ4n) is 2.03. The standard InChI is InChI=1S/C19H19FN4O4/c1-5-27-16-7-14(20)10-24-18(16)28-15-6-13(9-22-11-15)17(21-3)23-8-12(2)19(25)26-4/h6-11H,3,5H2,1-2,4H3/b12-8+,23-17?. The number of halogens is 1. The van der Waals surface area contributed by atoms with Crippen molar-refractivity contribution >= 4 is 18.5 Å². The van der Waals surface area contributed by atoms with Gasteiger partial charge in [0.05, 0.1) is 31.7 Å². The van der Waals surface area contributed by atoms with E-state index >= 15 is 0 Å². The second-order valence-corrected chi connectivity index (χ2v) is 5.32. The molecule has 2 rings (SSSR count). The number of esters is 1. The number of amidine groups is 1. The lowest BCUT2D eigenvalue weighted by Gasteiger charge is -2.10. The lowest BCUT2D eigenvalue weighted by atomic mass is 10.2. The van der Waals surface area contributed by atoms with Crippen molar-refractivity contribution in [2.45, 2.75) is 13.8 Å². The number of carbonyl (C=O) groups excluding carboxylic acids is 1. The van der Waals surface area contributed by atoms with E-state index in [0.29, 0.717) is 23.5 Å². The monoisotopic (exact) mass is 386 g/mol. The van der Waals surface area contributed by atoms with Crippen LogP contribution in [-0.2, 0) is 9.53 Å². The van der Waals surface area contributed by atoms with Crippen LogP contribution in [-0.4, -0.2) is 42.2 Å². The molecule has 2 heterocycles. The molecule has 28 heavy (non-hydrogen) atoms. The van der Waals surface area contributed by atoms with Crippen LogP contribution >= 0.6 is 0 Å². The van der Waals surface area contributed by atoms with Crippen LogP contribution in [0.5, 0.6) is 17.4 Å². The number of methoxy groups -OCH3 is 1. The summed E-state index contributed by atoms with van der Waals surface area (Å²) in [5.74, 6) is -0.260. The third kappa shape index (κ3) is 5.44. The fraction of sp³-hybridized carbons (Fsp3) is 0.211. The molecule has 0 unspecified atom stereocenters. The van der Waals surface area contributed by atoms with Gasteiger partial charge in [-0.15, -0.1) is 0 Å². The van der Waals surface area contributed by atoms with Crippen molar-refractivity contribution in [1.82, 2.24) is 9.97 Å². The number of hydrogen-bond acceptors (Lipinski definition) is 7. The smallest absolute Gasteiger partial charge is 0.334 e. The molecule has 0 saturated heterocycles. The lowest BCUT2D eigenvalue weighted by Crippen LogP contribution is -2.02. The molecule has 0 amide bonds. The fourth-order valence-corrected chi connectivity index (χ4v) is 2.03. The Kier molecular flexibility index (Phi) is 7.32. The number of aliphatic imine (C=N–C) groups is 2. The first-order valence-corrected chi connectivity index (χ1v) is 8.19. The predicted molar refractivity (Wildman–Crippen MR) is 102 cm³/mol. The van der Waals surface area contributed by atoms with Crippen LogP contribution in [0.4, 0.5) is 4.39 Å². The van der Waals surface area contributed by atoms with Crippen molar-refractivity contribution in [3.8, 4) is 17.4 Å². The zero-order valence-electron chi connectivity index (χ0n) is 15.7. The summed E-state index contributed by atoms with van der Waals surface area (Å²) in [6.45, 7) is 7.12. The molecule has 0 radical (unpaired) electrons. The molecular weight excluding hydrogens is 367 g/mol. The summed E-state index contributed by atoms with van der Waals surface area (Å²) in [6.07, 6.45) is 5.29. The Morgan fingerprint density at radius 1 is 1.32 bits per heavy atom. The summed E-state index contributed by atoms with van der Waals surface area (Å²) in [6, 6.07) is 2.78. The number of hydrogen-bond donors (Lipinski definition) is 0. The van der Waals surface area contributed by atoms with E-state index in [1.807, 2.05) is 0 Å². The van der Waals surface area contributed by atoms with Crippen LogP contribution < -0.4 is 9.47 Å². The van der Waals surface area contributed by atoms with Crippen LogP contribution in [0.2, 0.25) is 0 Å². The minimum absolute atomic E-state index is 0.0914. The molecule has 0 aliphatic heterocycles. The summed E-state index contributed by atoms with van der Waals surface area (Å²) in [7, 11) is 1.28. The van der Waals surface area contributed by atoms with E-state index in [1.165, 1.54) is 31.8 Å². The molecule has 2 aromatic heterocycles. The maximum absolute atomic E-state index is 13.4. The number of aromatic nitrogens is 2. The summed E-state index contributed by atoms with van der Waals surface area (Å²) in [4.78, 5) is 27.4. The first kappa shape index (κ1) is 20.7. The molecule has 146 valence electrons. The van der Waals surface area contributed by atoms with Gasteiger partial charge in [0.25, 0.3) is 5.88 Å². The highest BCUT2D eigenvalue weighted by Crippen LogP contribution is 2.29. The van der Waals surface area contributed by atoms with Crippen LogP contribution in [0.15, 0.2) is 52.5 Å². The van der Waals surface area contributed by atoms with Crippen molar-refractivity contribution in [1.29, 1.82) is 0 Å². The molecule has 0 aliphatic rings. The molecule has 0 fully saturated rings. The van der Waals surface area contributed by atoms with Gasteiger partial charge in [-0.25, -0.2) is 24.2 Å². The van der Waals surface area contributed by atoms with Crippen molar-refractivity contribution < 1.29 is 23.4 Å². The molecule has 9 heteroatoms. The van der Waals surface area contributed by atoms with Crippen LogP contribution in [0.25, 0.3) is 0 Å². The maximum atomic E-state index is 13.4. The largest absolute Gasteiger partial charge is 0.488 e. The highest BCUT2D eigenvalue weighted by molar-refractivity contribution is 6.02. The maximum Gasteiger partial charge on any atom is 0.334 e. The van der Waals surface area contributed by atoms with Crippen LogP contribution in [0, 0.1) is 5.82 Å². The Labute approximate surface area is 161 Å². The minimum Gasteiger partial charge on any atom is -0.488 e. The summed E-state index contributed by atoms with van der Waals surface area (Å²) in [5, 5.41) is 0. The molecule has 0 aromatic carbocycles. The lowest BCUT2D eigenvalue weighted by molar-refractivity contribution is -0.136. The molecule has 0 bridgehead atoms. The van der Waals surface area contributed by atoms with E-state index in [4.69, 9.17) is 9.47 Å². The Morgan fingerprint density at radius 2 is 2.11 bits per heavy atom. The number of ether oxygens (including phenoxy) is 3. The van der Waals surface area contributed by atoms with Gasteiger partial charge in [0, 0.05) is 24.0 Å². The summed E-state index contributed by atoms with van der Waals surface area (Å²) >= 11 is 0. The van der Waals surface area contributed by atoms with Gasteiger partial charge in [0.15, 0.2) is 11.6 Å². The highest BCUT2D eigenvalue weighted by Gasteiger charge is 2.11. The number of rotatable bonds is 7. The quantitative estimate of drug-likeness (QED) is 0.313. The molecular formula is C19H19FN4O4. The second kappa shape index (κ2) is 9.91. The summed E-state index contributed by atoms with van der Waals surface area (Å²) < 4.78 is 29.0. The van der Waals surface area contributed by atoms with Gasteiger partial charge in [0.2, 0.25) is 0 Å². The van der Waals surface area contributed by atoms with Gasteiger partial charge in [-0.2, -0.15) is 0 Å². The van der Waals surface area contributed by atoms with Gasteiger partial charge in [-0.3, -0.25) is 4.98 Å². The van der Waals surface area contributed by atoms with Gasteiger partial charge in [-0.1, -0.05) is 0 Å². The first-order chi connectivity index (χ1) is 13.5. The molecule has 0 aliphatic carbocycles. The normalized spacial score (nSPS) is 11.7. The zero-order chi connectivity index (χ0) is 20.5. The second-order valence-electron chi connectivity index (χ2n) is 5.32. The van der Waals surface area contributed by atoms with Gasteiger partial charge >= 0.3 is 5.97 Å². The minimum atomic E-state index is -0.541. The van der Waals surface area contributed by atoms with E-state index < -0.39 is 11.8 Å². The molecule has 0 saturated carbocycles. The average molecular weight is 386 g/mol. The Balaban J connectivity index is 2.31. The molecule has 0 spiro atoms. The highest BCUT2D eigenvalue weighted by atomic mass is 19.1. The Bertz CT molecular complexity index is 928. The first-order valence-electron chi connectivity index (χ1n) is 8.19. The van der Waals surface area contributed by atoms with Crippen molar-refractivity contribution in [2.24, 2.45) is 9.98 Å². The van der Waals surface area contributed by atoms with E-state index in [1.54, 1.807) is 19.9 Å². The third-order valence-corrected chi connectivity index (χ3v) is 3.31. The number of carbonyl (C=O) groups is 1. The molecule has 0 N–H and O–H groups in total. The molecule has 2 aromatic rings. The number of pyridine rings is 2. The molecule has 0 atom stereocenters. The predicted octanol–water partition coefficient (Wildman–Crippen LogP) is 3.33. The van der Waals surface area contributed by atoms with E-state index in [0.717, 1.165) is 6.20 Å². The van der Waals surface area contributed by atoms with E-state index in [2.05, 4.69) is 31.4 Å². The third-order valence-electron chi connectivity index (χ3n) is 3.31. The van der Waals surface area contributed by atoms with Crippen molar-refractivity contribution in [3.05, 3.63) is 53.9 Å². The summed E-state index contributed by atoms with van der Waals surface area (Å²) in [5.41, 5.74) is 0.780. The molecule has 8 nitrogen and oxygen atoms in total. The average Bonchev–Trinajstić information content (AvgIpc) is 2.70. The van der Waals surface area contributed by atoms with Crippen LogP contribution in [0.1, 0.15) is 19.4 Å². The van der Waals surface area contributed by atoms with Crippen molar-refractivity contribution in [3.63, 3.8) is 0 Å². The van der Waals surface area contributed by atoms with Crippen LogP contribution in [0.3, 0.4) is 0 Å². The van der Waals surface area contributed by atoms with Gasteiger partial charge in [-0.05, 0) is 26.6 Å². The van der Waals surface area contributed by atoms with Crippen molar-refractivity contribution in [2.75, 3.05) is 13.7 Å². The van der Waals surface area contributed by atoms with E-state index in [9.17, 15) is 9.18 Å². The zero-order valence-corrected chi connectivity index (χ0v) is 15.7. The Hall–Kier alpha value is -3.62. The van der Waals surface area contributed by atoms with Gasteiger partial charge in [0.1, 0.15) is 11.6 Å². The Morgan fingerprint density at radius 3 is 2.79 bits per heavy atom.